The van der Waals surface area contributed by atoms with Crippen LogP contribution in [0.5, 0.6) is 11.5 Å². The molecule has 0 aliphatic rings. The molecule has 4 rings (SSSR count). The molecule has 0 saturated carbocycles. The first-order chi connectivity index (χ1) is 18.2. The maximum Gasteiger partial charge on any atom is 0.243 e. The molecule has 0 aliphatic heterocycles. The second-order valence-corrected chi connectivity index (χ2v) is 10.4. The van der Waals surface area contributed by atoms with E-state index in [9.17, 15) is 13.7 Å². The van der Waals surface area contributed by atoms with Gasteiger partial charge < -0.3 is 9.47 Å². The van der Waals surface area contributed by atoms with Crippen molar-refractivity contribution in [2.24, 2.45) is 7.05 Å². The van der Waals surface area contributed by atoms with Crippen LogP contribution < -0.4 is 14.2 Å². The number of methoxy groups -OCH3 is 2. The highest BCUT2D eigenvalue weighted by molar-refractivity contribution is 7.93. The summed E-state index contributed by atoms with van der Waals surface area (Å²) >= 11 is 0. The van der Waals surface area contributed by atoms with Crippen LogP contribution >= 0.6 is 0 Å². The topological polar surface area (TPSA) is 161 Å². The van der Waals surface area contributed by atoms with Gasteiger partial charge in [0.1, 0.15) is 22.9 Å². The Kier molecular flexibility index (Phi) is 7.32. The third-order valence-electron chi connectivity index (χ3n) is 5.86. The van der Waals surface area contributed by atoms with Gasteiger partial charge in [-0.25, -0.2) is 8.42 Å². The average Bonchev–Trinajstić information content (AvgIpc) is 3.53. The Morgan fingerprint density at radius 3 is 2.34 bits per heavy atom. The van der Waals surface area contributed by atoms with Crippen molar-refractivity contribution in [1.29, 1.82) is 10.5 Å². The molecule has 0 radical (unpaired) electrons. The molecule has 0 bridgehead atoms. The van der Waals surface area contributed by atoms with Crippen molar-refractivity contribution in [2.75, 3.05) is 18.9 Å². The summed E-state index contributed by atoms with van der Waals surface area (Å²) < 4.78 is 43.6. The first kappa shape index (κ1) is 26.2. The van der Waals surface area contributed by atoms with Gasteiger partial charge in [0.2, 0.25) is 16.0 Å². The lowest BCUT2D eigenvalue weighted by Gasteiger charge is -2.19. The minimum absolute atomic E-state index is 0.0309. The minimum Gasteiger partial charge on any atom is -0.494 e. The molecule has 0 saturated heterocycles. The fourth-order valence-corrected chi connectivity index (χ4v) is 4.88. The summed E-state index contributed by atoms with van der Waals surface area (Å²) in [6, 6.07) is 15.4. The van der Waals surface area contributed by atoms with E-state index < -0.39 is 15.3 Å². The van der Waals surface area contributed by atoms with Crippen molar-refractivity contribution < 1.29 is 17.9 Å². The Bertz CT molecular complexity index is 1660. The second-order valence-electron chi connectivity index (χ2n) is 8.33. The zero-order chi connectivity index (χ0) is 27.4. The largest absolute Gasteiger partial charge is 0.494 e. The summed E-state index contributed by atoms with van der Waals surface area (Å²) in [5, 5.41) is 30.4. The number of sulfonamides is 1. The molecule has 1 atom stereocenters. The van der Waals surface area contributed by atoms with E-state index in [0.717, 1.165) is 0 Å². The summed E-state index contributed by atoms with van der Waals surface area (Å²) in [6.45, 7) is 1.52. The maximum atomic E-state index is 13.5. The molecule has 1 N–H and O–H groups in total. The molecule has 38 heavy (non-hydrogen) atoms. The second kappa shape index (κ2) is 10.6. The first-order valence-electron chi connectivity index (χ1n) is 11.3. The predicted octanol–water partition coefficient (Wildman–Crippen LogP) is 2.80. The lowest BCUT2D eigenvalue weighted by Crippen LogP contribution is -2.29. The molecule has 0 spiro atoms. The number of rotatable bonds is 9. The fraction of sp³-hybridized carbons (Fsp3) is 0.240. The normalized spacial score (nSPS) is 11.8. The van der Waals surface area contributed by atoms with Crippen LogP contribution in [0, 0.1) is 22.7 Å². The molecule has 4 aromatic rings. The molecule has 2 heterocycles. The van der Waals surface area contributed by atoms with Gasteiger partial charge in [-0.1, -0.05) is 12.1 Å². The summed E-state index contributed by atoms with van der Waals surface area (Å²) in [5.41, 5.74) is 1.90. The van der Waals surface area contributed by atoms with Crippen molar-refractivity contribution in [3.63, 3.8) is 0 Å². The number of hydrogen-bond acceptors (Lipinski definition) is 9. The quantitative estimate of drug-likeness (QED) is 0.342. The third-order valence-corrected chi connectivity index (χ3v) is 7.55. The molecule has 2 aromatic heterocycles. The molecular weight excluding hydrogens is 508 g/mol. The van der Waals surface area contributed by atoms with E-state index in [1.807, 2.05) is 12.1 Å². The van der Waals surface area contributed by atoms with E-state index in [-0.39, 0.29) is 23.8 Å². The van der Waals surface area contributed by atoms with Crippen LogP contribution in [0.25, 0.3) is 17.2 Å². The number of para-hydroxylation sites is 1. The highest BCUT2D eigenvalue weighted by Crippen LogP contribution is 2.37. The average molecular weight is 533 g/mol. The highest BCUT2D eigenvalue weighted by atomic mass is 32.2. The van der Waals surface area contributed by atoms with Gasteiger partial charge >= 0.3 is 0 Å². The lowest BCUT2D eigenvalue weighted by atomic mass is 10.0. The van der Waals surface area contributed by atoms with Crippen molar-refractivity contribution in [3.05, 3.63) is 65.4 Å². The summed E-state index contributed by atoms with van der Waals surface area (Å²) in [4.78, 5) is 0. The number of benzene rings is 2. The van der Waals surface area contributed by atoms with E-state index in [1.54, 1.807) is 54.3 Å². The van der Waals surface area contributed by atoms with Gasteiger partial charge in [-0.2, -0.15) is 15.6 Å². The number of aromatic nitrogens is 5. The Morgan fingerprint density at radius 1 is 1.05 bits per heavy atom. The predicted molar refractivity (Wildman–Crippen MR) is 138 cm³/mol. The number of hydrogen-bond donors (Lipinski definition) is 1. The van der Waals surface area contributed by atoms with Crippen LogP contribution in [0.15, 0.2) is 48.7 Å². The zero-order valence-electron chi connectivity index (χ0n) is 21.1. The van der Waals surface area contributed by atoms with Gasteiger partial charge in [-0.15, -0.1) is 10.2 Å². The fourth-order valence-electron chi connectivity index (χ4n) is 3.89. The van der Waals surface area contributed by atoms with Gasteiger partial charge in [0.25, 0.3) is 0 Å². The minimum atomic E-state index is -4.04. The van der Waals surface area contributed by atoms with E-state index in [1.165, 1.54) is 31.8 Å². The molecule has 12 nitrogen and oxygen atoms in total. The van der Waals surface area contributed by atoms with Gasteiger partial charge in [-0.05, 0) is 49.2 Å². The SMILES string of the molecule is COc1cccc(OC)c1-n1c(NS(=O)(=O)[C@H](C)Cc2ccc(C#N)cc2C#N)nnc1-c1ccn(C)n1. The monoisotopic (exact) mass is 532 g/mol. The van der Waals surface area contributed by atoms with Crippen molar-refractivity contribution in [2.45, 2.75) is 18.6 Å². The Balaban J connectivity index is 1.78. The molecule has 0 aliphatic carbocycles. The lowest BCUT2D eigenvalue weighted by molar-refractivity contribution is 0.391. The van der Waals surface area contributed by atoms with Crippen LogP contribution in [-0.2, 0) is 23.5 Å². The Hall–Kier alpha value is -4.88. The van der Waals surface area contributed by atoms with Crippen molar-refractivity contribution >= 4 is 16.0 Å². The van der Waals surface area contributed by atoms with Gasteiger partial charge in [0.15, 0.2) is 5.82 Å². The van der Waals surface area contributed by atoms with Crippen LogP contribution in [0.2, 0.25) is 0 Å². The number of ether oxygens (including phenoxy) is 2. The van der Waals surface area contributed by atoms with Crippen molar-refractivity contribution in [3.8, 4) is 40.8 Å². The molecule has 2 aromatic carbocycles. The number of aryl methyl sites for hydroxylation is 1. The number of anilines is 1. The summed E-state index contributed by atoms with van der Waals surface area (Å²) in [5.74, 6) is 0.954. The van der Waals surface area contributed by atoms with Gasteiger partial charge in [-0.3, -0.25) is 14.0 Å². The molecule has 0 amide bonds. The van der Waals surface area contributed by atoms with Crippen LogP contribution in [0.1, 0.15) is 23.6 Å². The Labute approximate surface area is 219 Å². The molecule has 13 heteroatoms. The molecule has 194 valence electrons. The van der Waals surface area contributed by atoms with Crippen LogP contribution in [-0.4, -0.2) is 52.4 Å². The van der Waals surface area contributed by atoms with E-state index >= 15 is 0 Å². The van der Waals surface area contributed by atoms with Gasteiger partial charge in [0, 0.05) is 13.2 Å². The first-order valence-corrected chi connectivity index (χ1v) is 12.9. The summed E-state index contributed by atoms with van der Waals surface area (Å²) in [6.07, 6.45) is 1.76. The third kappa shape index (κ3) is 5.00. The van der Waals surface area contributed by atoms with Gasteiger partial charge in [0.05, 0.1) is 42.7 Å². The molecule has 0 unspecified atom stereocenters. The Morgan fingerprint density at radius 2 is 1.76 bits per heavy atom. The number of nitriles is 2. The highest BCUT2D eigenvalue weighted by Gasteiger charge is 2.29. The van der Waals surface area contributed by atoms with E-state index in [4.69, 9.17) is 14.7 Å². The summed E-state index contributed by atoms with van der Waals surface area (Å²) in [7, 11) is 0.678. The zero-order valence-corrected chi connectivity index (χ0v) is 21.9. The van der Waals surface area contributed by atoms with Crippen LogP contribution in [0.3, 0.4) is 0 Å². The number of nitrogens with one attached hydrogen (secondary N) is 1. The van der Waals surface area contributed by atoms with E-state index in [2.05, 4.69) is 20.0 Å². The molecule has 0 fully saturated rings. The smallest absolute Gasteiger partial charge is 0.243 e. The van der Waals surface area contributed by atoms with Crippen molar-refractivity contribution in [1.82, 2.24) is 24.5 Å². The number of nitrogens with zero attached hydrogens (tertiary/aromatic N) is 7. The van der Waals surface area contributed by atoms with E-state index in [0.29, 0.717) is 34.0 Å². The standard InChI is InChI=1S/C25H24N8O4S/c1-16(12-18-9-8-17(14-26)13-19(18)15-27)38(34,35)31-25-29-28-24(20-10-11-32(2)30-20)33(25)23-21(36-3)6-5-7-22(23)37-4/h5-11,13,16H,12H2,1-4H3,(H,29,31)/t16-/m1/s1. The molecular formula is C25H24N8O4S. The van der Waals surface area contributed by atoms with Crippen LogP contribution in [0.4, 0.5) is 5.95 Å². The maximum absolute atomic E-state index is 13.5.